The molecule has 3 unspecified atom stereocenters. The molecule has 1 aromatic carbocycles. The molecule has 0 amide bonds. The van der Waals surface area contributed by atoms with E-state index in [2.05, 4.69) is 9.88 Å². The Balaban J connectivity index is 1.35. The summed E-state index contributed by atoms with van der Waals surface area (Å²) in [6.45, 7) is 0. The van der Waals surface area contributed by atoms with Crippen molar-refractivity contribution < 1.29 is 9.90 Å². The number of carboxylic acids is 1. The molecule has 6 nitrogen and oxygen atoms in total. The van der Waals surface area contributed by atoms with Crippen LogP contribution in [0.15, 0.2) is 29.1 Å². The molecule has 4 bridgehead atoms. The van der Waals surface area contributed by atoms with Gasteiger partial charge in [0.05, 0.1) is 11.0 Å². The van der Waals surface area contributed by atoms with Crippen molar-refractivity contribution >= 4 is 17.0 Å². The van der Waals surface area contributed by atoms with Crippen molar-refractivity contribution in [2.75, 3.05) is 0 Å². The van der Waals surface area contributed by atoms with Gasteiger partial charge >= 0.3 is 5.97 Å². The molecular weight excluding hydrogens is 402 g/mol. The molecule has 6 rings (SSSR count). The van der Waals surface area contributed by atoms with Crippen LogP contribution < -0.4 is 5.56 Å². The van der Waals surface area contributed by atoms with E-state index >= 15 is 0 Å². The predicted octanol–water partition coefficient (Wildman–Crippen LogP) is 4.62. The van der Waals surface area contributed by atoms with E-state index in [0.29, 0.717) is 23.6 Å². The van der Waals surface area contributed by atoms with Gasteiger partial charge in [-0.3, -0.25) is 9.69 Å². The van der Waals surface area contributed by atoms with Crippen molar-refractivity contribution in [3.63, 3.8) is 0 Å². The van der Waals surface area contributed by atoms with E-state index < -0.39 is 11.5 Å². The van der Waals surface area contributed by atoms with Crippen LogP contribution in [0.25, 0.3) is 11.0 Å². The maximum absolute atomic E-state index is 13.2. The van der Waals surface area contributed by atoms with Crippen molar-refractivity contribution in [1.82, 2.24) is 14.5 Å². The highest BCUT2D eigenvalue weighted by atomic mass is 16.4. The second kappa shape index (κ2) is 7.98. The second-order valence-corrected chi connectivity index (χ2v) is 10.7. The summed E-state index contributed by atoms with van der Waals surface area (Å²) in [5.74, 6) is 0.500. The van der Waals surface area contributed by atoms with Crippen LogP contribution in [0.4, 0.5) is 0 Å². The van der Waals surface area contributed by atoms with Crippen LogP contribution in [-0.2, 0) is 0 Å². The molecule has 4 fully saturated rings. The van der Waals surface area contributed by atoms with E-state index in [0.717, 1.165) is 30.2 Å². The average molecular weight is 436 g/mol. The molecule has 2 saturated carbocycles. The molecule has 6 heteroatoms. The third-order valence-electron chi connectivity index (χ3n) is 9.00. The standard InChI is InChI=1S/C26H33N3O3/c30-25-24(26(31)32)27-21-9-1-2-10-22(21)29(25)20-14-18-11-12-19(15-20)28(18)23-13-16-5-3-7-17(23)8-4-6-16/h1-2,9-10,16-20,23H,3-8,11-15H2,(H,31,32). The molecule has 3 atom stereocenters. The van der Waals surface area contributed by atoms with Gasteiger partial charge in [-0.15, -0.1) is 0 Å². The summed E-state index contributed by atoms with van der Waals surface area (Å²) in [6, 6.07) is 9.27. The smallest absolute Gasteiger partial charge is 0.360 e. The van der Waals surface area contributed by atoms with Gasteiger partial charge in [-0.1, -0.05) is 37.8 Å². The Labute approximate surface area is 188 Å². The number of hydrogen-bond donors (Lipinski definition) is 1. The maximum atomic E-state index is 13.2. The molecular formula is C26H33N3O3. The van der Waals surface area contributed by atoms with Gasteiger partial charge in [-0.25, -0.2) is 9.78 Å². The zero-order valence-corrected chi connectivity index (χ0v) is 18.7. The van der Waals surface area contributed by atoms with E-state index in [4.69, 9.17) is 0 Å². The zero-order chi connectivity index (χ0) is 21.8. The Morgan fingerprint density at radius 3 is 2.28 bits per heavy atom. The van der Waals surface area contributed by atoms with Crippen molar-refractivity contribution in [2.24, 2.45) is 11.8 Å². The fourth-order valence-electron chi connectivity index (χ4n) is 7.74. The van der Waals surface area contributed by atoms with Crippen molar-refractivity contribution in [1.29, 1.82) is 0 Å². The average Bonchev–Trinajstić information content (AvgIpc) is 2.96. The minimum atomic E-state index is -1.24. The number of nitrogens with zero attached hydrogens (tertiary/aromatic N) is 3. The second-order valence-electron chi connectivity index (χ2n) is 10.7. The summed E-state index contributed by atoms with van der Waals surface area (Å²) in [4.78, 5) is 32.1. The number of carbonyl (C=O) groups is 1. The summed E-state index contributed by atoms with van der Waals surface area (Å²) < 4.78 is 1.78. The molecule has 2 aromatic rings. The lowest BCUT2D eigenvalue weighted by molar-refractivity contribution is 0.0282. The number of piperidine rings is 1. The molecule has 3 heterocycles. The Bertz CT molecular complexity index is 1070. The lowest BCUT2D eigenvalue weighted by Crippen LogP contribution is -2.52. The molecule has 2 aliphatic carbocycles. The first-order chi connectivity index (χ1) is 15.6. The topological polar surface area (TPSA) is 75.4 Å². The number of benzene rings is 1. The zero-order valence-electron chi connectivity index (χ0n) is 18.7. The van der Waals surface area contributed by atoms with Crippen LogP contribution in [0.2, 0.25) is 0 Å². The van der Waals surface area contributed by atoms with Gasteiger partial charge < -0.3 is 9.67 Å². The van der Waals surface area contributed by atoms with Crippen LogP contribution in [0.3, 0.4) is 0 Å². The van der Waals surface area contributed by atoms with Crippen LogP contribution >= 0.6 is 0 Å². The van der Waals surface area contributed by atoms with E-state index in [9.17, 15) is 14.7 Å². The predicted molar refractivity (Wildman–Crippen MR) is 123 cm³/mol. The van der Waals surface area contributed by atoms with Crippen molar-refractivity contribution in [3.05, 3.63) is 40.3 Å². The third kappa shape index (κ3) is 3.30. The van der Waals surface area contributed by atoms with E-state index in [-0.39, 0.29) is 11.7 Å². The largest absolute Gasteiger partial charge is 0.476 e. The molecule has 0 radical (unpaired) electrons. The summed E-state index contributed by atoms with van der Waals surface area (Å²) in [5.41, 5.74) is 0.568. The number of rotatable bonds is 3. The molecule has 2 aliphatic heterocycles. The Hall–Kier alpha value is -2.21. The fraction of sp³-hybridized carbons (Fsp3) is 0.654. The summed E-state index contributed by atoms with van der Waals surface area (Å²) >= 11 is 0. The molecule has 0 spiro atoms. The maximum Gasteiger partial charge on any atom is 0.360 e. The van der Waals surface area contributed by atoms with Crippen LogP contribution in [0, 0.1) is 11.8 Å². The Morgan fingerprint density at radius 1 is 0.906 bits per heavy atom. The Kier molecular flexibility index (Phi) is 5.09. The Morgan fingerprint density at radius 2 is 1.59 bits per heavy atom. The number of carboxylic acid groups (broad SMARTS) is 1. The molecule has 1 N–H and O–H groups in total. The minimum Gasteiger partial charge on any atom is -0.476 e. The van der Waals surface area contributed by atoms with Gasteiger partial charge in [-0.2, -0.15) is 0 Å². The number of aromatic carboxylic acids is 1. The first kappa shape index (κ1) is 20.4. The lowest BCUT2D eigenvalue weighted by Gasteiger charge is -2.46. The monoisotopic (exact) mass is 435 g/mol. The fourth-order valence-corrected chi connectivity index (χ4v) is 7.74. The van der Waals surface area contributed by atoms with Gasteiger partial charge in [0.15, 0.2) is 0 Å². The number of para-hydroxylation sites is 2. The molecule has 32 heavy (non-hydrogen) atoms. The summed E-state index contributed by atoms with van der Waals surface area (Å²) in [5, 5.41) is 9.61. The van der Waals surface area contributed by atoms with Crippen LogP contribution in [0.5, 0.6) is 0 Å². The van der Waals surface area contributed by atoms with E-state index in [1.165, 1.54) is 57.8 Å². The van der Waals surface area contributed by atoms with Crippen molar-refractivity contribution in [3.8, 4) is 0 Å². The van der Waals surface area contributed by atoms with Crippen LogP contribution in [0.1, 0.15) is 87.2 Å². The van der Waals surface area contributed by atoms with Crippen LogP contribution in [-0.4, -0.2) is 43.7 Å². The van der Waals surface area contributed by atoms with Gasteiger partial charge in [0.2, 0.25) is 5.69 Å². The van der Waals surface area contributed by atoms with Crippen molar-refractivity contribution in [2.45, 2.75) is 94.8 Å². The number of aromatic nitrogens is 2. The number of hydrogen-bond acceptors (Lipinski definition) is 4. The lowest BCUT2D eigenvalue weighted by atomic mass is 9.86. The molecule has 2 saturated heterocycles. The SMILES string of the molecule is O=C(O)c1nc2ccccc2n(C2CC3CCC(C2)N3C2CC3CCCC2CCC3)c1=O. The van der Waals surface area contributed by atoms with Gasteiger partial charge in [-0.05, 0) is 68.9 Å². The third-order valence-corrected chi connectivity index (χ3v) is 9.00. The van der Waals surface area contributed by atoms with Gasteiger partial charge in [0.1, 0.15) is 0 Å². The first-order valence-corrected chi connectivity index (χ1v) is 12.6. The normalized spacial score (nSPS) is 35.0. The molecule has 4 aliphatic rings. The summed E-state index contributed by atoms with van der Waals surface area (Å²) in [6.07, 6.45) is 14.1. The van der Waals surface area contributed by atoms with E-state index in [1.54, 1.807) is 4.57 Å². The number of fused-ring (bicyclic) bond motifs is 7. The molecule has 1 aromatic heterocycles. The van der Waals surface area contributed by atoms with Gasteiger partial charge in [0, 0.05) is 24.2 Å². The highest BCUT2D eigenvalue weighted by Gasteiger charge is 2.48. The highest BCUT2D eigenvalue weighted by molar-refractivity contribution is 5.88. The minimum absolute atomic E-state index is 0.0485. The van der Waals surface area contributed by atoms with Gasteiger partial charge in [0.25, 0.3) is 5.56 Å². The summed E-state index contributed by atoms with van der Waals surface area (Å²) in [7, 11) is 0. The molecule has 170 valence electrons. The highest BCUT2D eigenvalue weighted by Crippen LogP contribution is 2.48. The van der Waals surface area contributed by atoms with E-state index in [1.807, 2.05) is 24.3 Å². The quantitative estimate of drug-likeness (QED) is 0.761. The first-order valence-electron chi connectivity index (χ1n) is 12.6.